The predicted molar refractivity (Wildman–Crippen MR) is 70.9 cm³/mol. The minimum Gasteiger partial charge on any atom is -0.352 e. The van der Waals surface area contributed by atoms with Gasteiger partial charge in [0.2, 0.25) is 0 Å². The third-order valence-electron chi connectivity index (χ3n) is 2.92. The van der Waals surface area contributed by atoms with Crippen molar-refractivity contribution in [3.63, 3.8) is 0 Å². The molecule has 0 saturated heterocycles. The Morgan fingerprint density at radius 1 is 1.41 bits per heavy atom. The van der Waals surface area contributed by atoms with Crippen molar-refractivity contribution in [2.45, 2.75) is 19.9 Å². The number of halogens is 1. The lowest BCUT2D eigenvalue weighted by Gasteiger charge is -2.28. The zero-order valence-electron chi connectivity index (χ0n) is 9.48. The zero-order chi connectivity index (χ0) is 11.8. The summed E-state index contributed by atoms with van der Waals surface area (Å²) in [5.41, 5.74) is 1.41. The Kier molecular flexibility index (Phi) is 2.76. The van der Waals surface area contributed by atoms with Crippen LogP contribution in [0.1, 0.15) is 16.3 Å². The number of hydrogen-bond acceptors (Lipinski definition) is 4. The molecule has 0 atom stereocenters. The molecule has 0 amide bonds. The van der Waals surface area contributed by atoms with Crippen molar-refractivity contribution in [1.82, 2.24) is 9.97 Å². The molecule has 1 aliphatic heterocycles. The summed E-state index contributed by atoms with van der Waals surface area (Å²) in [6.45, 7) is 3.79. The average molecular weight is 266 g/mol. The normalized spacial score (nSPS) is 14.8. The van der Waals surface area contributed by atoms with Gasteiger partial charge in [0, 0.05) is 24.0 Å². The fourth-order valence-corrected chi connectivity index (χ4v) is 3.23. The van der Waals surface area contributed by atoms with E-state index in [1.54, 1.807) is 0 Å². The Morgan fingerprint density at radius 3 is 3.12 bits per heavy atom. The van der Waals surface area contributed by atoms with Crippen molar-refractivity contribution < 1.29 is 0 Å². The highest BCUT2D eigenvalue weighted by atomic mass is 35.5. The van der Waals surface area contributed by atoms with Gasteiger partial charge in [-0.15, -0.1) is 11.3 Å². The molecule has 3 heterocycles. The molecule has 0 radical (unpaired) electrons. The van der Waals surface area contributed by atoms with Crippen LogP contribution in [0.5, 0.6) is 0 Å². The molecule has 0 aliphatic carbocycles. The summed E-state index contributed by atoms with van der Waals surface area (Å²) in [5, 5.41) is 2.68. The van der Waals surface area contributed by atoms with Crippen molar-refractivity contribution in [1.29, 1.82) is 0 Å². The lowest BCUT2D eigenvalue weighted by molar-refractivity contribution is 0.727. The second kappa shape index (κ2) is 4.27. The Morgan fingerprint density at radius 2 is 2.29 bits per heavy atom. The van der Waals surface area contributed by atoms with E-state index in [4.69, 9.17) is 11.6 Å². The summed E-state index contributed by atoms with van der Waals surface area (Å²) < 4.78 is 0. The molecule has 88 valence electrons. The fourth-order valence-electron chi connectivity index (χ4n) is 2.12. The van der Waals surface area contributed by atoms with Gasteiger partial charge in [0.25, 0.3) is 0 Å². The van der Waals surface area contributed by atoms with Gasteiger partial charge in [0.1, 0.15) is 16.8 Å². The van der Waals surface area contributed by atoms with Gasteiger partial charge in [-0.25, -0.2) is 9.97 Å². The van der Waals surface area contributed by atoms with E-state index < -0.39 is 0 Å². The van der Waals surface area contributed by atoms with E-state index in [0.717, 1.165) is 31.2 Å². The Bertz CT molecular complexity index is 532. The summed E-state index contributed by atoms with van der Waals surface area (Å²) in [6, 6.07) is 4.04. The van der Waals surface area contributed by atoms with E-state index in [1.807, 2.05) is 24.3 Å². The highest BCUT2D eigenvalue weighted by Crippen LogP contribution is 2.27. The minimum absolute atomic E-state index is 0.517. The molecule has 5 heteroatoms. The van der Waals surface area contributed by atoms with Gasteiger partial charge < -0.3 is 4.90 Å². The minimum atomic E-state index is 0.517. The van der Waals surface area contributed by atoms with Crippen molar-refractivity contribution >= 4 is 28.8 Å². The molecule has 1 aliphatic rings. The lowest BCUT2D eigenvalue weighted by Crippen LogP contribution is -2.30. The monoisotopic (exact) mass is 265 g/mol. The van der Waals surface area contributed by atoms with Crippen LogP contribution in [0.4, 0.5) is 5.82 Å². The lowest BCUT2D eigenvalue weighted by atomic mass is 10.1. The second-order valence-electron chi connectivity index (χ2n) is 4.14. The first-order chi connectivity index (χ1) is 8.22. The first-order valence-corrected chi connectivity index (χ1v) is 6.79. The number of thiophene rings is 1. The van der Waals surface area contributed by atoms with Gasteiger partial charge >= 0.3 is 0 Å². The van der Waals surface area contributed by atoms with E-state index >= 15 is 0 Å². The summed E-state index contributed by atoms with van der Waals surface area (Å²) in [7, 11) is 0. The van der Waals surface area contributed by atoms with Crippen molar-refractivity contribution in [3.05, 3.63) is 38.9 Å². The van der Waals surface area contributed by atoms with Gasteiger partial charge in [0.05, 0.1) is 0 Å². The average Bonchev–Trinajstić information content (AvgIpc) is 2.74. The summed E-state index contributed by atoms with van der Waals surface area (Å²) in [6.07, 6.45) is 1.09. The molecule has 3 rings (SSSR count). The molecule has 0 aromatic carbocycles. The topological polar surface area (TPSA) is 29.0 Å². The quantitative estimate of drug-likeness (QED) is 0.742. The first-order valence-electron chi connectivity index (χ1n) is 5.54. The second-order valence-corrected chi connectivity index (χ2v) is 5.52. The summed E-state index contributed by atoms with van der Waals surface area (Å²) in [5.74, 6) is 1.66. The van der Waals surface area contributed by atoms with E-state index in [9.17, 15) is 0 Å². The Balaban J connectivity index is 1.91. The van der Waals surface area contributed by atoms with Crippen LogP contribution in [0, 0.1) is 6.92 Å². The molecule has 0 N–H and O–H groups in total. The van der Waals surface area contributed by atoms with Crippen LogP contribution < -0.4 is 4.90 Å². The highest BCUT2D eigenvalue weighted by molar-refractivity contribution is 7.10. The van der Waals surface area contributed by atoms with Crippen molar-refractivity contribution in [3.8, 4) is 0 Å². The molecule has 3 nitrogen and oxygen atoms in total. The number of fused-ring (bicyclic) bond motifs is 1. The maximum absolute atomic E-state index is 5.97. The van der Waals surface area contributed by atoms with Crippen LogP contribution in [0.15, 0.2) is 17.5 Å². The molecule has 0 unspecified atom stereocenters. The molecule has 0 saturated carbocycles. The van der Waals surface area contributed by atoms with Crippen LogP contribution in [0.2, 0.25) is 5.15 Å². The molecule has 17 heavy (non-hydrogen) atoms. The number of rotatable bonds is 1. The zero-order valence-corrected chi connectivity index (χ0v) is 11.1. The van der Waals surface area contributed by atoms with Crippen LogP contribution >= 0.6 is 22.9 Å². The fraction of sp³-hybridized carbons (Fsp3) is 0.333. The SMILES string of the molecule is Cc1nc(Cl)cc(N2CCc3sccc3C2)n1. The van der Waals surface area contributed by atoms with Crippen molar-refractivity contribution in [2.24, 2.45) is 0 Å². The molecular formula is C12H12ClN3S. The molecule has 0 spiro atoms. The molecule has 2 aromatic heterocycles. The molecular weight excluding hydrogens is 254 g/mol. The number of anilines is 1. The van der Waals surface area contributed by atoms with Crippen LogP contribution in [-0.4, -0.2) is 16.5 Å². The number of nitrogens with zero attached hydrogens (tertiary/aromatic N) is 3. The maximum Gasteiger partial charge on any atom is 0.134 e. The van der Waals surface area contributed by atoms with E-state index in [1.165, 1.54) is 10.4 Å². The third-order valence-corrected chi connectivity index (χ3v) is 4.14. The van der Waals surface area contributed by atoms with Gasteiger partial charge in [-0.05, 0) is 30.4 Å². The van der Waals surface area contributed by atoms with Gasteiger partial charge in [-0.1, -0.05) is 11.6 Å². The third kappa shape index (κ3) is 2.15. The van der Waals surface area contributed by atoms with E-state index in [2.05, 4.69) is 26.3 Å². The Hall–Kier alpha value is -1.13. The number of aromatic nitrogens is 2. The van der Waals surface area contributed by atoms with Gasteiger partial charge in [0.15, 0.2) is 0 Å². The van der Waals surface area contributed by atoms with Gasteiger partial charge in [-0.3, -0.25) is 0 Å². The van der Waals surface area contributed by atoms with E-state index in [-0.39, 0.29) is 0 Å². The largest absolute Gasteiger partial charge is 0.352 e. The predicted octanol–water partition coefficient (Wildman–Crippen LogP) is 3.06. The highest BCUT2D eigenvalue weighted by Gasteiger charge is 2.18. The van der Waals surface area contributed by atoms with Gasteiger partial charge in [-0.2, -0.15) is 0 Å². The van der Waals surface area contributed by atoms with Crippen LogP contribution in [0.3, 0.4) is 0 Å². The Labute approximate surface area is 109 Å². The molecule has 0 fully saturated rings. The van der Waals surface area contributed by atoms with E-state index in [0.29, 0.717) is 5.15 Å². The smallest absolute Gasteiger partial charge is 0.134 e. The van der Waals surface area contributed by atoms with Crippen LogP contribution in [0.25, 0.3) is 0 Å². The maximum atomic E-state index is 5.97. The first kappa shape index (κ1) is 11.0. The number of hydrogen-bond donors (Lipinski definition) is 0. The summed E-state index contributed by atoms with van der Waals surface area (Å²) >= 11 is 7.82. The molecule has 2 aromatic rings. The molecule has 0 bridgehead atoms. The van der Waals surface area contributed by atoms with Crippen molar-refractivity contribution in [2.75, 3.05) is 11.4 Å². The standard InChI is InChI=1S/C12H12ClN3S/c1-8-14-11(13)6-12(15-8)16-4-2-10-9(7-16)3-5-17-10/h3,5-6H,2,4,7H2,1H3. The number of aryl methyl sites for hydroxylation is 1. The van der Waals surface area contributed by atoms with Crippen LogP contribution in [-0.2, 0) is 13.0 Å². The summed E-state index contributed by atoms with van der Waals surface area (Å²) in [4.78, 5) is 12.3.